The molecule has 0 amide bonds. The summed E-state index contributed by atoms with van der Waals surface area (Å²) in [4.78, 5) is 0. The van der Waals surface area contributed by atoms with Crippen molar-refractivity contribution in [2.75, 3.05) is 11.5 Å². The van der Waals surface area contributed by atoms with Crippen LogP contribution in [0.15, 0.2) is 12.4 Å². The summed E-state index contributed by atoms with van der Waals surface area (Å²) in [7, 11) is 0. The first-order chi connectivity index (χ1) is 5.86. The topological polar surface area (TPSA) is 38.1 Å². The molecule has 0 unspecified atom stereocenters. The molecule has 1 fully saturated rings. The lowest BCUT2D eigenvalue weighted by Crippen LogP contribution is -2.15. The van der Waals surface area contributed by atoms with E-state index in [4.69, 9.17) is 5.11 Å². The molecular formula is C8H12N2OS. The largest absolute Gasteiger partial charge is 0.505 e. The Morgan fingerprint density at radius 2 is 2.25 bits per heavy atom. The van der Waals surface area contributed by atoms with Crippen LogP contribution in [0.1, 0.15) is 18.9 Å². The molecule has 0 aromatic carbocycles. The Morgan fingerprint density at radius 1 is 1.50 bits per heavy atom. The highest BCUT2D eigenvalue weighted by molar-refractivity contribution is 7.99. The molecule has 2 rings (SSSR count). The Balaban J connectivity index is 2.08. The molecule has 0 aliphatic carbocycles. The van der Waals surface area contributed by atoms with Crippen LogP contribution >= 0.6 is 11.8 Å². The minimum Gasteiger partial charge on any atom is -0.505 e. The van der Waals surface area contributed by atoms with E-state index >= 15 is 0 Å². The van der Waals surface area contributed by atoms with E-state index in [9.17, 15) is 0 Å². The first-order valence-corrected chi connectivity index (χ1v) is 5.32. The Hall–Kier alpha value is -0.640. The zero-order valence-corrected chi connectivity index (χ0v) is 7.63. The molecule has 1 aromatic heterocycles. The SMILES string of the molecule is Oc1cnn(C2CCSCC2)c1. The molecule has 3 nitrogen and oxygen atoms in total. The Labute approximate surface area is 75.8 Å². The van der Waals surface area contributed by atoms with Gasteiger partial charge >= 0.3 is 0 Å². The smallest absolute Gasteiger partial charge is 0.153 e. The van der Waals surface area contributed by atoms with Crippen LogP contribution in [0.2, 0.25) is 0 Å². The van der Waals surface area contributed by atoms with E-state index in [1.807, 2.05) is 16.4 Å². The Bertz CT molecular complexity index is 255. The van der Waals surface area contributed by atoms with Crippen LogP contribution < -0.4 is 0 Å². The van der Waals surface area contributed by atoms with Crippen molar-refractivity contribution >= 4 is 11.8 Å². The zero-order chi connectivity index (χ0) is 8.39. The number of aromatic hydroxyl groups is 1. The van der Waals surface area contributed by atoms with Crippen LogP contribution in [0.3, 0.4) is 0 Å². The number of aromatic nitrogens is 2. The Kier molecular flexibility index (Phi) is 2.26. The molecule has 12 heavy (non-hydrogen) atoms. The lowest BCUT2D eigenvalue weighted by atomic mass is 10.2. The number of hydrogen-bond acceptors (Lipinski definition) is 3. The van der Waals surface area contributed by atoms with Gasteiger partial charge in [0.2, 0.25) is 0 Å². The van der Waals surface area contributed by atoms with Gasteiger partial charge in [0.1, 0.15) is 0 Å². The van der Waals surface area contributed by atoms with E-state index in [-0.39, 0.29) is 5.75 Å². The molecule has 0 saturated carbocycles. The van der Waals surface area contributed by atoms with Crippen molar-refractivity contribution in [2.45, 2.75) is 18.9 Å². The second-order valence-electron chi connectivity index (χ2n) is 3.02. The molecule has 0 bridgehead atoms. The van der Waals surface area contributed by atoms with Crippen LogP contribution in [0.25, 0.3) is 0 Å². The maximum atomic E-state index is 9.10. The average molecular weight is 184 g/mol. The van der Waals surface area contributed by atoms with Crippen LogP contribution in [-0.2, 0) is 0 Å². The quantitative estimate of drug-likeness (QED) is 0.721. The predicted octanol–water partition coefficient (Wildman–Crippen LogP) is 1.66. The predicted molar refractivity (Wildman–Crippen MR) is 49.5 cm³/mol. The van der Waals surface area contributed by atoms with Gasteiger partial charge < -0.3 is 5.11 Å². The van der Waals surface area contributed by atoms with Crippen molar-refractivity contribution in [1.29, 1.82) is 0 Å². The van der Waals surface area contributed by atoms with Gasteiger partial charge in [0.15, 0.2) is 5.75 Å². The summed E-state index contributed by atoms with van der Waals surface area (Å²) < 4.78 is 1.88. The minimum atomic E-state index is 0.272. The van der Waals surface area contributed by atoms with Gasteiger partial charge in [-0.2, -0.15) is 16.9 Å². The Morgan fingerprint density at radius 3 is 2.83 bits per heavy atom. The molecule has 0 atom stereocenters. The summed E-state index contributed by atoms with van der Waals surface area (Å²) in [5.41, 5.74) is 0. The van der Waals surface area contributed by atoms with Gasteiger partial charge in [0, 0.05) is 0 Å². The van der Waals surface area contributed by atoms with Gasteiger partial charge in [0.05, 0.1) is 18.4 Å². The molecular weight excluding hydrogens is 172 g/mol. The van der Waals surface area contributed by atoms with Crippen LogP contribution in [0.5, 0.6) is 5.75 Å². The molecule has 1 N–H and O–H groups in total. The normalized spacial score (nSPS) is 19.7. The third-order valence-corrected chi connectivity index (χ3v) is 3.20. The molecule has 2 heterocycles. The summed E-state index contributed by atoms with van der Waals surface area (Å²) in [6, 6.07) is 0.507. The summed E-state index contributed by atoms with van der Waals surface area (Å²) in [5, 5.41) is 13.2. The van der Waals surface area contributed by atoms with Gasteiger partial charge in [-0.25, -0.2) is 0 Å². The number of hydrogen-bond donors (Lipinski definition) is 1. The highest BCUT2D eigenvalue weighted by Gasteiger charge is 2.15. The standard InChI is InChI=1S/C8H12N2OS/c11-8-5-9-10(6-8)7-1-3-12-4-2-7/h5-7,11H,1-4H2. The fourth-order valence-corrected chi connectivity index (χ4v) is 2.56. The minimum absolute atomic E-state index is 0.272. The summed E-state index contributed by atoms with van der Waals surface area (Å²) in [6.45, 7) is 0. The maximum absolute atomic E-state index is 9.10. The van der Waals surface area contributed by atoms with Crippen LogP contribution in [0, 0.1) is 0 Å². The number of nitrogens with zero attached hydrogens (tertiary/aromatic N) is 2. The fraction of sp³-hybridized carbons (Fsp3) is 0.625. The second kappa shape index (κ2) is 3.39. The highest BCUT2D eigenvalue weighted by atomic mass is 32.2. The second-order valence-corrected chi connectivity index (χ2v) is 4.25. The third-order valence-electron chi connectivity index (χ3n) is 2.15. The maximum Gasteiger partial charge on any atom is 0.153 e. The summed E-state index contributed by atoms with van der Waals surface area (Å²) in [5.74, 6) is 2.70. The first-order valence-electron chi connectivity index (χ1n) is 4.17. The third kappa shape index (κ3) is 1.58. The van der Waals surface area contributed by atoms with E-state index in [0.29, 0.717) is 6.04 Å². The van der Waals surface area contributed by atoms with Crippen molar-refractivity contribution < 1.29 is 5.11 Å². The molecule has 66 valence electrons. The molecule has 1 aromatic rings. The van der Waals surface area contributed by atoms with Crippen LogP contribution in [0.4, 0.5) is 0 Å². The molecule has 0 radical (unpaired) electrons. The van der Waals surface area contributed by atoms with Gasteiger partial charge in [-0.3, -0.25) is 4.68 Å². The zero-order valence-electron chi connectivity index (χ0n) is 6.81. The van der Waals surface area contributed by atoms with Gasteiger partial charge in [0.25, 0.3) is 0 Å². The number of rotatable bonds is 1. The van der Waals surface area contributed by atoms with E-state index in [2.05, 4.69) is 5.10 Å². The van der Waals surface area contributed by atoms with Crippen molar-refractivity contribution in [1.82, 2.24) is 9.78 Å². The summed E-state index contributed by atoms with van der Waals surface area (Å²) in [6.07, 6.45) is 5.56. The van der Waals surface area contributed by atoms with E-state index in [0.717, 1.165) is 0 Å². The molecule has 1 aliphatic heterocycles. The molecule has 1 aliphatic rings. The van der Waals surface area contributed by atoms with Gasteiger partial charge in [-0.05, 0) is 24.3 Å². The van der Waals surface area contributed by atoms with Crippen molar-refractivity contribution in [3.8, 4) is 5.75 Å². The van der Waals surface area contributed by atoms with Gasteiger partial charge in [-0.15, -0.1) is 0 Å². The fourth-order valence-electron chi connectivity index (χ4n) is 1.48. The van der Waals surface area contributed by atoms with Crippen molar-refractivity contribution in [2.24, 2.45) is 0 Å². The van der Waals surface area contributed by atoms with Crippen LogP contribution in [-0.4, -0.2) is 26.4 Å². The lowest BCUT2D eigenvalue weighted by Gasteiger charge is -2.21. The van der Waals surface area contributed by atoms with E-state index in [1.165, 1.54) is 30.5 Å². The van der Waals surface area contributed by atoms with Crippen molar-refractivity contribution in [3.63, 3.8) is 0 Å². The van der Waals surface area contributed by atoms with E-state index < -0.39 is 0 Å². The first kappa shape index (κ1) is 7.98. The van der Waals surface area contributed by atoms with Gasteiger partial charge in [-0.1, -0.05) is 0 Å². The molecule has 1 saturated heterocycles. The lowest BCUT2D eigenvalue weighted by molar-refractivity contribution is 0.421. The van der Waals surface area contributed by atoms with Crippen molar-refractivity contribution in [3.05, 3.63) is 12.4 Å². The van der Waals surface area contributed by atoms with E-state index in [1.54, 1.807) is 6.20 Å². The highest BCUT2D eigenvalue weighted by Crippen LogP contribution is 2.27. The monoisotopic (exact) mass is 184 g/mol. The average Bonchev–Trinajstić information content (AvgIpc) is 2.54. The summed E-state index contributed by atoms with van der Waals surface area (Å²) >= 11 is 2.00. The molecule has 4 heteroatoms. The molecule has 0 spiro atoms. The number of thioether (sulfide) groups is 1.